The van der Waals surface area contributed by atoms with Crippen LogP contribution in [0.2, 0.25) is 0 Å². The van der Waals surface area contributed by atoms with Crippen molar-refractivity contribution in [3.8, 4) is 0 Å². The highest BCUT2D eigenvalue weighted by molar-refractivity contribution is 6.01. The summed E-state index contributed by atoms with van der Waals surface area (Å²) in [6.45, 7) is 0.363. The third-order valence-corrected chi connectivity index (χ3v) is 4.98. The Hall–Kier alpha value is -2.42. The quantitative estimate of drug-likeness (QED) is 0.730. The van der Waals surface area contributed by atoms with Crippen molar-refractivity contribution in [3.05, 3.63) is 35.4 Å². The summed E-state index contributed by atoms with van der Waals surface area (Å²) >= 11 is 0. The molecule has 0 saturated carbocycles. The van der Waals surface area contributed by atoms with E-state index in [2.05, 4.69) is 0 Å². The van der Waals surface area contributed by atoms with Gasteiger partial charge >= 0.3 is 6.18 Å². The molecule has 2 heterocycles. The summed E-state index contributed by atoms with van der Waals surface area (Å²) in [4.78, 5) is 40.1. The molecule has 6 nitrogen and oxygen atoms in total. The van der Waals surface area contributed by atoms with Crippen molar-refractivity contribution < 1.29 is 27.6 Å². The number of carbonyl (C=O) groups excluding carboxylic acids is 3. The van der Waals surface area contributed by atoms with Crippen LogP contribution in [0.1, 0.15) is 35.2 Å². The van der Waals surface area contributed by atoms with Crippen molar-refractivity contribution >= 4 is 17.7 Å². The van der Waals surface area contributed by atoms with E-state index in [1.165, 1.54) is 9.80 Å². The number of carbonyl (C=O) groups is 3. The van der Waals surface area contributed by atoms with Gasteiger partial charge in [0.2, 0.25) is 11.8 Å². The van der Waals surface area contributed by atoms with Crippen LogP contribution in [0, 0.1) is 0 Å². The maximum atomic E-state index is 12.7. The van der Waals surface area contributed by atoms with Gasteiger partial charge in [0.15, 0.2) is 0 Å². The normalized spacial score (nSPS) is 19.2. The second-order valence-electron chi connectivity index (χ2n) is 7.11. The van der Waals surface area contributed by atoms with Gasteiger partial charge < -0.3 is 4.90 Å². The van der Waals surface area contributed by atoms with E-state index in [1.54, 1.807) is 29.2 Å². The minimum absolute atomic E-state index is 0.183. The third kappa shape index (κ3) is 5.09. The zero-order valence-electron chi connectivity index (χ0n) is 15.4. The lowest BCUT2D eigenvalue weighted by Crippen LogP contribution is -2.38. The number of alkyl halides is 3. The van der Waals surface area contributed by atoms with Gasteiger partial charge in [0.25, 0.3) is 5.91 Å². The molecular formula is C19H22F3N3O3. The fourth-order valence-electron chi connectivity index (χ4n) is 3.50. The number of likely N-dealkylation sites (tertiary alicyclic amines) is 1. The predicted octanol–water partition coefficient (Wildman–Crippen LogP) is 2.05. The molecule has 0 radical (unpaired) electrons. The number of benzene rings is 1. The van der Waals surface area contributed by atoms with Crippen molar-refractivity contribution in [2.75, 3.05) is 32.7 Å². The van der Waals surface area contributed by atoms with Crippen molar-refractivity contribution in [1.82, 2.24) is 14.7 Å². The Bertz CT molecular complexity index is 733. The van der Waals surface area contributed by atoms with E-state index in [0.29, 0.717) is 25.1 Å². The van der Waals surface area contributed by atoms with Gasteiger partial charge in [-0.2, -0.15) is 13.2 Å². The first-order valence-electron chi connectivity index (χ1n) is 9.23. The molecule has 28 heavy (non-hydrogen) atoms. The number of hydrogen-bond acceptors (Lipinski definition) is 4. The average Bonchev–Trinajstić information content (AvgIpc) is 2.83. The van der Waals surface area contributed by atoms with Gasteiger partial charge in [-0.3, -0.25) is 24.2 Å². The van der Waals surface area contributed by atoms with Gasteiger partial charge in [0.05, 0.1) is 13.1 Å². The van der Waals surface area contributed by atoms with Crippen LogP contribution in [0.25, 0.3) is 0 Å². The lowest BCUT2D eigenvalue weighted by atomic mass is 10.1. The van der Waals surface area contributed by atoms with E-state index >= 15 is 0 Å². The minimum Gasteiger partial charge on any atom is -0.337 e. The molecule has 2 aliphatic rings. The summed E-state index contributed by atoms with van der Waals surface area (Å²) in [5, 5.41) is 0. The van der Waals surface area contributed by atoms with Crippen LogP contribution in [0.4, 0.5) is 13.2 Å². The first-order chi connectivity index (χ1) is 13.2. The highest BCUT2D eigenvalue weighted by Gasteiger charge is 2.32. The summed E-state index contributed by atoms with van der Waals surface area (Å²) in [5.41, 5.74) is 1.18. The maximum absolute atomic E-state index is 12.7. The van der Waals surface area contributed by atoms with Gasteiger partial charge in [0, 0.05) is 44.6 Å². The molecule has 9 heteroatoms. The summed E-state index contributed by atoms with van der Waals surface area (Å²) in [6.07, 6.45) is -3.29. The fourth-order valence-corrected chi connectivity index (χ4v) is 3.50. The van der Waals surface area contributed by atoms with Crippen LogP contribution in [0.5, 0.6) is 0 Å². The number of rotatable bonds is 4. The van der Waals surface area contributed by atoms with Gasteiger partial charge in [-0.05, 0) is 24.1 Å². The average molecular weight is 397 g/mol. The Labute approximate surface area is 160 Å². The monoisotopic (exact) mass is 397 g/mol. The molecule has 2 fully saturated rings. The molecular weight excluding hydrogens is 375 g/mol. The molecule has 0 bridgehead atoms. The zero-order chi connectivity index (χ0) is 20.3. The first kappa shape index (κ1) is 20.3. The van der Waals surface area contributed by atoms with Crippen LogP contribution in [0.15, 0.2) is 24.3 Å². The van der Waals surface area contributed by atoms with Crippen molar-refractivity contribution in [2.24, 2.45) is 0 Å². The first-order valence-corrected chi connectivity index (χ1v) is 9.23. The van der Waals surface area contributed by atoms with Crippen LogP contribution >= 0.6 is 0 Å². The van der Waals surface area contributed by atoms with Crippen molar-refractivity contribution in [1.29, 1.82) is 0 Å². The van der Waals surface area contributed by atoms with Gasteiger partial charge in [-0.1, -0.05) is 12.1 Å². The molecule has 3 amide bonds. The fraction of sp³-hybridized carbons (Fsp3) is 0.526. The molecule has 2 aliphatic heterocycles. The van der Waals surface area contributed by atoms with Crippen molar-refractivity contribution in [3.63, 3.8) is 0 Å². The minimum atomic E-state index is -4.24. The van der Waals surface area contributed by atoms with E-state index in [9.17, 15) is 27.6 Å². The maximum Gasteiger partial charge on any atom is 0.401 e. The summed E-state index contributed by atoms with van der Waals surface area (Å²) in [6, 6.07) is 6.64. The van der Waals surface area contributed by atoms with E-state index in [-0.39, 0.29) is 50.2 Å². The molecule has 152 valence electrons. The predicted molar refractivity (Wildman–Crippen MR) is 94.2 cm³/mol. The Balaban J connectivity index is 1.58. The van der Waals surface area contributed by atoms with Crippen LogP contribution in [0.3, 0.4) is 0 Å². The van der Waals surface area contributed by atoms with E-state index in [4.69, 9.17) is 0 Å². The lowest BCUT2D eigenvalue weighted by molar-refractivity contribution is -0.145. The largest absolute Gasteiger partial charge is 0.401 e. The van der Waals surface area contributed by atoms with Crippen molar-refractivity contribution in [2.45, 2.75) is 32.0 Å². The number of nitrogens with zero attached hydrogens (tertiary/aromatic N) is 3. The number of imide groups is 1. The Morgan fingerprint density at radius 2 is 1.57 bits per heavy atom. The van der Waals surface area contributed by atoms with E-state index < -0.39 is 12.7 Å². The van der Waals surface area contributed by atoms with Crippen LogP contribution < -0.4 is 0 Å². The highest BCUT2D eigenvalue weighted by atomic mass is 19.4. The Morgan fingerprint density at radius 3 is 2.18 bits per heavy atom. The number of hydrogen-bond donors (Lipinski definition) is 0. The Kier molecular flexibility index (Phi) is 6.02. The molecule has 0 N–H and O–H groups in total. The van der Waals surface area contributed by atoms with E-state index in [1.807, 2.05) is 0 Å². The summed E-state index contributed by atoms with van der Waals surface area (Å²) in [5.74, 6) is -0.620. The standard InChI is InChI=1S/C19H22F3N3O3/c20-19(21,22)13-23-8-1-9-24(11-10-23)18(28)15-4-2-14(3-5-15)12-25-16(26)6-7-17(25)27/h2-5H,1,6-13H2. The Morgan fingerprint density at radius 1 is 0.929 bits per heavy atom. The van der Waals surface area contributed by atoms with Gasteiger partial charge in [-0.25, -0.2) is 0 Å². The molecule has 1 aromatic rings. The summed E-state index contributed by atoms with van der Waals surface area (Å²) < 4.78 is 37.7. The molecule has 2 saturated heterocycles. The second-order valence-corrected chi connectivity index (χ2v) is 7.11. The smallest absolute Gasteiger partial charge is 0.337 e. The van der Waals surface area contributed by atoms with Crippen LogP contribution in [-0.4, -0.2) is 71.3 Å². The molecule has 0 unspecified atom stereocenters. The third-order valence-electron chi connectivity index (χ3n) is 4.98. The second kappa shape index (κ2) is 8.30. The molecule has 0 atom stereocenters. The van der Waals surface area contributed by atoms with Gasteiger partial charge in [0.1, 0.15) is 0 Å². The molecule has 0 aromatic heterocycles. The molecule has 1 aromatic carbocycles. The zero-order valence-corrected chi connectivity index (χ0v) is 15.4. The number of amides is 3. The SMILES string of the molecule is O=C(c1ccc(CN2C(=O)CCC2=O)cc1)N1CCCN(CC(F)(F)F)CC1. The lowest BCUT2D eigenvalue weighted by Gasteiger charge is -2.23. The number of halogens is 3. The molecule has 3 rings (SSSR count). The molecule has 0 aliphatic carbocycles. The van der Waals surface area contributed by atoms with Crippen LogP contribution in [-0.2, 0) is 16.1 Å². The topological polar surface area (TPSA) is 60.9 Å². The van der Waals surface area contributed by atoms with E-state index in [0.717, 1.165) is 5.56 Å². The van der Waals surface area contributed by atoms with Gasteiger partial charge in [-0.15, -0.1) is 0 Å². The summed E-state index contributed by atoms with van der Waals surface area (Å²) in [7, 11) is 0. The molecule has 0 spiro atoms. The highest BCUT2D eigenvalue weighted by Crippen LogP contribution is 2.19.